The first kappa shape index (κ1) is 41.2. The number of allylic oxidation sites excluding steroid dienone is 2. The molecule has 0 saturated heterocycles. The number of nitrogens with zero attached hydrogens (tertiary/aromatic N) is 2. The molecule has 0 aliphatic carbocycles. The molecule has 0 unspecified atom stereocenters. The van der Waals surface area contributed by atoms with Crippen LogP contribution in [0.15, 0.2) is 54.5 Å². The molecular formula is C43H51N3O11. The Morgan fingerprint density at radius 2 is 1.68 bits per heavy atom. The van der Waals surface area contributed by atoms with Crippen LogP contribution in [0.5, 0.6) is 17.2 Å². The summed E-state index contributed by atoms with van der Waals surface area (Å²) in [5, 5.41) is 49.4. The fraction of sp³-hybridized carbons (Fsp3) is 0.442. The minimum atomic E-state index is -1.96. The van der Waals surface area contributed by atoms with E-state index in [4.69, 9.17) is 23.9 Å². The lowest BCUT2D eigenvalue weighted by Gasteiger charge is -2.38. The molecule has 14 nitrogen and oxygen atoms in total. The van der Waals surface area contributed by atoms with Gasteiger partial charge in [-0.2, -0.15) is 0 Å². The molecule has 4 aromatic rings. The monoisotopic (exact) mass is 785 g/mol. The van der Waals surface area contributed by atoms with E-state index in [-0.39, 0.29) is 55.7 Å². The summed E-state index contributed by atoms with van der Waals surface area (Å²) in [6, 6.07) is 3.64. The minimum absolute atomic E-state index is 0.0185. The Morgan fingerprint density at radius 1 is 0.982 bits per heavy atom. The molecule has 6 rings (SSSR count). The number of carbonyl (C=O) groups excluding carboxylic acids is 3. The van der Waals surface area contributed by atoms with E-state index in [0.29, 0.717) is 5.65 Å². The summed E-state index contributed by atoms with van der Waals surface area (Å²) < 4.78 is 25.5. The van der Waals surface area contributed by atoms with E-state index in [9.17, 15) is 34.8 Å². The van der Waals surface area contributed by atoms with Crippen molar-refractivity contribution in [2.75, 3.05) is 12.4 Å². The highest BCUT2D eigenvalue weighted by Crippen LogP contribution is 2.54. The number of aromatic nitrogens is 2. The number of ether oxygens (including phenoxy) is 4. The van der Waals surface area contributed by atoms with Crippen LogP contribution in [0.3, 0.4) is 0 Å². The average molecular weight is 786 g/mol. The maximum absolute atomic E-state index is 14.6. The van der Waals surface area contributed by atoms with Gasteiger partial charge in [0, 0.05) is 67.3 Å². The number of amides is 1. The molecule has 5 N–H and O–H groups in total. The normalized spacial score (nSPS) is 30.8. The first-order valence-electron chi connectivity index (χ1n) is 19.0. The summed E-state index contributed by atoms with van der Waals surface area (Å²) in [5.41, 5.74) is 2.18. The summed E-state index contributed by atoms with van der Waals surface area (Å²) in [7, 11) is 1.46. The average Bonchev–Trinajstić information content (AvgIpc) is 3.67. The zero-order chi connectivity index (χ0) is 41.8. The van der Waals surface area contributed by atoms with E-state index >= 15 is 0 Å². The molecule has 4 heterocycles. The third-order valence-electron chi connectivity index (χ3n) is 11.5. The number of pyridine rings is 1. The number of carbonyl (C=O) groups is 3. The van der Waals surface area contributed by atoms with Crippen LogP contribution in [-0.4, -0.2) is 84.8 Å². The molecule has 1 amide bonds. The summed E-state index contributed by atoms with van der Waals surface area (Å²) in [6.45, 7) is 14.7. The van der Waals surface area contributed by atoms with Gasteiger partial charge in [-0.25, -0.2) is 4.98 Å². The van der Waals surface area contributed by atoms with Crippen molar-refractivity contribution in [3.63, 3.8) is 0 Å². The Labute approximate surface area is 330 Å². The van der Waals surface area contributed by atoms with Gasteiger partial charge in [0.15, 0.2) is 5.75 Å². The van der Waals surface area contributed by atoms with E-state index in [1.54, 1.807) is 63.4 Å². The minimum Gasteiger partial charge on any atom is -0.507 e. The van der Waals surface area contributed by atoms with Crippen LogP contribution >= 0.6 is 0 Å². The van der Waals surface area contributed by atoms with Crippen molar-refractivity contribution in [3.05, 3.63) is 71.2 Å². The number of benzene rings is 2. The van der Waals surface area contributed by atoms with Crippen LogP contribution in [0.4, 0.5) is 5.69 Å². The number of esters is 1. The second kappa shape index (κ2) is 15.5. The number of aromatic hydroxyl groups is 2. The Balaban J connectivity index is 1.58. The SMILES string of the molecule is CO[C@H]1/C=C/O[C@@]2(C)Oc3c(C)c(O)c4c(O)c(c5c(nc6cc(C)ccn65)c4c3C2=O)NC(=O)/C(C)=C/C=C/[C@H](C)[C@H](O)[C@@H](C)[C@@H](O)[C@@H](C)[C@H](OC(C)=O)[C@@H]1C. The zero-order valence-electron chi connectivity index (χ0n) is 33.8. The number of Topliss-reactive ketones (excluding diaryl/α,β-unsaturated/α-hetero) is 1. The van der Waals surface area contributed by atoms with E-state index in [1.165, 1.54) is 40.2 Å². The second-order valence-corrected chi connectivity index (χ2v) is 15.6. The number of aliphatic hydroxyl groups is 2. The smallest absolute Gasteiger partial charge is 0.312 e. The van der Waals surface area contributed by atoms with E-state index < -0.39 is 77.3 Å². The number of imidazole rings is 1. The molecule has 14 heteroatoms. The number of phenolic OH excluding ortho intramolecular Hbond substituents is 2. The van der Waals surface area contributed by atoms with Crippen LogP contribution in [0.1, 0.15) is 70.0 Å². The number of hydrogen-bond donors (Lipinski definition) is 5. The first-order valence-corrected chi connectivity index (χ1v) is 19.0. The standard InChI is InChI=1S/C43H51N3O11/c1-19-14-16-46-28(18-19)44-32-29-30-37(50)25(7)40-31(29)41(52)43(9,57-40)55-17-15-27(54-10)22(4)39(56-26(8)47)24(6)36(49)23(5)35(48)20(2)12-11-13-21(3)42(53)45-33(34(32)46)38(30)51/h11-18,20,22-24,27,35-36,39,48-51H,1-10H3,(H,45,53)/b12-11+,17-15+,21-13+/t20-,22+,23+,24+,27-,35-,36+,39+,43-/m0/s1. The fourth-order valence-corrected chi connectivity index (χ4v) is 8.03. The highest BCUT2D eigenvalue weighted by molar-refractivity contribution is 6.28. The summed E-state index contributed by atoms with van der Waals surface area (Å²) in [4.78, 5) is 45.6. The molecule has 0 saturated carbocycles. The molecule has 0 spiro atoms. The van der Waals surface area contributed by atoms with Gasteiger partial charge in [-0.1, -0.05) is 45.9 Å². The fourth-order valence-electron chi connectivity index (χ4n) is 8.03. The number of aliphatic hydroxyl groups excluding tert-OH is 2. The molecule has 0 radical (unpaired) electrons. The van der Waals surface area contributed by atoms with Crippen LogP contribution < -0.4 is 10.1 Å². The van der Waals surface area contributed by atoms with Gasteiger partial charge in [-0.15, -0.1) is 0 Å². The predicted molar refractivity (Wildman–Crippen MR) is 213 cm³/mol. The van der Waals surface area contributed by atoms with Crippen molar-refractivity contribution < 1.29 is 53.8 Å². The number of nitrogens with one attached hydrogen (secondary N) is 1. The topological polar surface area (TPSA) is 198 Å². The molecule has 2 aromatic carbocycles. The molecule has 2 aromatic heterocycles. The number of phenols is 2. The van der Waals surface area contributed by atoms with Gasteiger partial charge in [-0.05, 0) is 44.5 Å². The number of aryl methyl sites for hydroxylation is 1. The van der Waals surface area contributed by atoms with Gasteiger partial charge in [0.1, 0.15) is 40.0 Å². The third kappa shape index (κ3) is 7.10. The highest BCUT2D eigenvalue weighted by atomic mass is 16.7. The lowest BCUT2D eigenvalue weighted by molar-refractivity contribution is -0.160. The Bertz CT molecular complexity index is 2380. The Morgan fingerprint density at radius 3 is 2.35 bits per heavy atom. The molecule has 2 aliphatic heterocycles. The molecule has 2 aliphatic rings. The largest absolute Gasteiger partial charge is 0.507 e. The lowest BCUT2D eigenvalue weighted by Crippen LogP contribution is -2.46. The van der Waals surface area contributed by atoms with Gasteiger partial charge in [0.05, 0.1) is 35.5 Å². The molecule has 4 bridgehead atoms. The molecule has 9 atom stereocenters. The van der Waals surface area contributed by atoms with Crippen molar-refractivity contribution in [3.8, 4) is 17.2 Å². The van der Waals surface area contributed by atoms with Crippen LogP contribution in [0.2, 0.25) is 0 Å². The van der Waals surface area contributed by atoms with Crippen LogP contribution in [-0.2, 0) is 23.8 Å². The maximum atomic E-state index is 14.6. The molecule has 57 heavy (non-hydrogen) atoms. The van der Waals surface area contributed by atoms with Crippen molar-refractivity contribution >= 4 is 50.8 Å². The van der Waals surface area contributed by atoms with Crippen LogP contribution in [0, 0.1) is 37.5 Å². The number of ketones is 1. The molecule has 304 valence electrons. The number of anilines is 1. The number of fused-ring (bicyclic) bond motifs is 2. The maximum Gasteiger partial charge on any atom is 0.312 e. The second-order valence-electron chi connectivity index (χ2n) is 15.6. The summed E-state index contributed by atoms with van der Waals surface area (Å²) in [5.74, 6) is -6.96. The lowest BCUT2D eigenvalue weighted by atomic mass is 9.78. The zero-order valence-corrected chi connectivity index (χ0v) is 33.8. The van der Waals surface area contributed by atoms with Gasteiger partial charge >= 0.3 is 11.8 Å². The number of methoxy groups -OCH3 is 1. The Hall–Kier alpha value is -5.44. The molecular weight excluding hydrogens is 734 g/mol. The Kier molecular flexibility index (Phi) is 11.2. The third-order valence-corrected chi connectivity index (χ3v) is 11.5. The van der Waals surface area contributed by atoms with E-state index in [0.717, 1.165) is 5.56 Å². The van der Waals surface area contributed by atoms with E-state index in [1.807, 2.05) is 19.1 Å². The van der Waals surface area contributed by atoms with Crippen molar-refractivity contribution in [1.29, 1.82) is 0 Å². The van der Waals surface area contributed by atoms with E-state index in [2.05, 4.69) is 5.32 Å². The van der Waals surface area contributed by atoms with Crippen LogP contribution in [0.25, 0.3) is 27.5 Å². The predicted octanol–water partition coefficient (Wildman–Crippen LogP) is 6.16. The van der Waals surface area contributed by atoms with Crippen molar-refractivity contribution in [2.45, 2.75) is 92.5 Å². The summed E-state index contributed by atoms with van der Waals surface area (Å²) >= 11 is 0. The van der Waals surface area contributed by atoms with Gasteiger partial charge in [0.25, 0.3) is 11.7 Å². The molecule has 0 fully saturated rings. The van der Waals surface area contributed by atoms with Crippen molar-refractivity contribution in [2.24, 2.45) is 23.7 Å². The number of rotatable bonds is 2. The van der Waals surface area contributed by atoms with Gasteiger partial charge < -0.3 is 44.7 Å². The quantitative estimate of drug-likeness (QED) is 0.115. The first-order chi connectivity index (χ1) is 26.8. The number of hydrogen-bond acceptors (Lipinski definition) is 12. The highest BCUT2D eigenvalue weighted by Gasteiger charge is 2.50. The van der Waals surface area contributed by atoms with Gasteiger partial charge in [-0.3, -0.25) is 18.8 Å². The summed E-state index contributed by atoms with van der Waals surface area (Å²) in [6.07, 6.45) is 5.62. The van der Waals surface area contributed by atoms with Gasteiger partial charge in [0.2, 0.25) is 0 Å². The van der Waals surface area contributed by atoms with Crippen molar-refractivity contribution in [1.82, 2.24) is 9.38 Å².